The number of hydrogen-bond donors (Lipinski definition) is 0. The molecule has 0 N–H and O–H groups in total. The molecule has 37 heavy (non-hydrogen) atoms. The molecule has 0 saturated carbocycles. The summed E-state index contributed by atoms with van der Waals surface area (Å²) in [5.41, 5.74) is 2.38. The van der Waals surface area contributed by atoms with Crippen molar-refractivity contribution in [1.82, 2.24) is 28.6 Å². The summed E-state index contributed by atoms with van der Waals surface area (Å²) in [7, 11) is -2.12. The molecule has 5 aromatic rings. The van der Waals surface area contributed by atoms with Crippen LogP contribution in [0.15, 0.2) is 72.3 Å². The van der Waals surface area contributed by atoms with Crippen molar-refractivity contribution in [3.8, 4) is 5.69 Å². The second kappa shape index (κ2) is 8.38. The Morgan fingerprint density at radius 3 is 2.43 bits per heavy atom. The van der Waals surface area contributed by atoms with Crippen LogP contribution < -0.4 is 0 Å². The first-order chi connectivity index (χ1) is 17.6. The largest absolute Gasteiger partial charge is 0.416 e. The van der Waals surface area contributed by atoms with Gasteiger partial charge >= 0.3 is 6.18 Å². The number of aromatic nitrogens is 5. The number of fused-ring (bicyclic) bond motifs is 3. The monoisotopic (exact) mass is 526 g/mol. The fraction of sp³-hybridized carbons (Fsp3) is 0.240. The molecule has 190 valence electrons. The zero-order chi connectivity index (χ0) is 25.9. The number of aryl methyl sites for hydroxylation is 1. The molecule has 1 aliphatic rings. The maximum absolute atomic E-state index is 13.8. The van der Waals surface area contributed by atoms with Gasteiger partial charge in [0.05, 0.1) is 27.5 Å². The summed E-state index contributed by atoms with van der Waals surface area (Å²) < 4.78 is 71.7. The molecular formula is C25H21F3N6O2S. The maximum Gasteiger partial charge on any atom is 0.416 e. The Kier molecular flexibility index (Phi) is 5.35. The molecule has 0 bridgehead atoms. The van der Waals surface area contributed by atoms with Gasteiger partial charge in [-0.25, -0.2) is 18.4 Å². The van der Waals surface area contributed by atoms with Crippen LogP contribution in [0.4, 0.5) is 13.2 Å². The Bertz CT molecular complexity index is 1730. The van der Waals surface area contributed by atoms with Crippen LogP contribution >= 0.6 is 0 Å². The molecule has 1 aliphatic heterocycles. The van der Waals surface area contributed by atoms with E-state index in [4.69, 9.17) is 0 Å². The number of sulfonamides is 1. The minimum absolute atomic E-state index is 0.126. The van der Waals surface area contributed by atoms with E-state index in [0.29, 0.717) is 40.6 Å². The second-order valence-corrected chi connectivity index (χ2v) is 10.9. The average molecular weight is 527 g/mol. The molecule has 1 saturated heterocycles. The highest BCUT2D eigenvalue weighted by Crippen LogP contribution is 2.39. The van der Waals surface area contributed by atoms with E-state index < -0.39 is 21.8 Å². The number of halogens is 3. The minimum atomic E-state index is -4.44. The predicted molar refractivity (Wildman–Crippen MR) is 130 cm³/mol. The van der Waals surface area contributed by atoms with Crippen LogP contribution in [0.2, 0.25) is 0 Å². The summed E-state index contributed by atoms with van der Waals surface area (Å²) in [6.07, 6.45) is 3.38. The van der Waals surface area contributed by atoms with Crippen molar-refractivity contribution < 1.29 is 21.6 Å². The Hall–Kier alpha value is -3.77. The molecule has 1 atom stereocenters. The first kappa shape index (κ1) is 23.6. The smallest absolute Gasteiger partial charge is 0.306 e. The first-order valence-corrected chi connectivity index (χ1v) is 13.0. The molecule has 2 aromatic carbocycles. The number of hydrogen-bond acceptors (Lipinski definition) is 5. The van der Waals surface area contributed by atoms with Gasteiger partial charge in [0.1, 0.15) is 11.8 Å². The molecule has 0 amide bonds. The summed E-state index contributed by atoms with van der Waals surface area (Å²) in [6.45, 7) is 0.380. The molecule has 3 aromatic heterocycles. The van der Waals surface area contributed by atoms with Gasteiger partial charge in [-0.3, -0.25) is 4.68 Å². The summed E-state index contributed by atoms with van der Waals surface area (Å²) in [5.74, 6) is 0. The van der Waals surface area contributed by atoms with Crippen molar-refractivity contribution in [1.29, 1.82) is 0 Å². The van der Waals surface area contributed by atoms with Gasteiger partial charge in [0, 0.05) is 48.8 Å². The van der Waals surface area contributed by atoms with Gasteiger partial charge in [-0.1, -0.05) is 0 Å². The van der Waals surface area contributed by atoms with Crippen LogP contribution in [0.25, 0.3) is 27.6 Å². The van der Waals surface area contributed by atoms with E-state index >= 15 is 0 Å². The lowest BCUT2D eigenvalue weighted by Gasteiger charge is -2.24. The molecule has 6 rings (SSSR count). The van der Waals surface area contributed by atoms with Crippen molar-refractivity contribution in [3.05, 3.63) is 78.5 Å². The van der Waals surface area contributed by atoms with Gasteiger partial charge in [0.2, 0.25) is 10.0 Å². The molecule has 1 fully saturated rings. The highest BCUT2D eigenvalue weighted by molar-refractivity contribution is 7.89. The quantitative estimate of drug-likeness (QED) is 0.334. The SMILES string of the molecule is Cn1cc2c(n1)c1cc(S(=O)(=O)N3CCC[C@@H]3c3cncnc3)ccc1n2-c1ccc(C(F)(F)F)cc1. The number of alkyl halides is 3. The van der Waals surface area contributed by atoms with E-state index in [2.05, 4.69) is 15.1 Å². The van der Waals surface area contributed by atoms with Gasteiger partial charge in [-0.15, -0.1) is 0 Å². The molecule has 4 heterocycles. The Morgan fingerprint density at radius 2 is 1.73 bits per heavy atom. The summed E-state index contributed by atoms with van der Waals surface area (Å²) in [6, 6.07) is 9.32. The van der Waals surface area contributed by atoms with Crippen LogP contribution in [0.3, 0.4) is 0 Å². The van der Waals surface area contributed by atoms with Gasteiger partial charge in [0.15, 0.2) is 0 Å². The zero-order valence-electron chi connectivity index (χ0n) is 19.6. The number of nitrogens with zero attached hydrogens (tertiary/aromatic N) is 6. The fourth-order valence-electron chi connectivity index (χ4n) is 5.08. The lowest BCUT2D eigenvalue weighted by molar-refractivity contribution is -0.137. The van der Waals surface area contributed by atoms with Gasteiger partial charge in [-0.05, 0) is 55.3 Å². The summed E-state index contributed by atoms with van der Waals surface area (Å²) in [5, 5.41) is 5.11. The Labute approximate surface area is 210 Å². The molecule has 8 nitrogen and oxygen atoms in total. The molecule has 0 unspecified atom stereocenters. The molecule has 0 spiro atoms. The highest BCUT2D eigenvalue weighted by atomic mass is 32.2. The molecule has 12 heteroatoms. The van der Waals surface area contributed by atoms with Crippen LogP contribution in [0.1, 0.15) is 30.0 Å². The van der Waals surface area contributed by atoms with Crippen molar-refractivity contribution >= 4 is 32.0 Å². The van der Waals surface area contributed by atoms with E-state index in [9.17, 15) is 21.6 Å². The van der Waals surface area contributed by atoms with Gasteiger partial charge in [0.25, 0.3) is 0 Å². The van der Waals surface area contributed by atoms with Crippen molar-refractivity contribution in [2.45, 2.75) is 30.0 Å². The lowest BCUT2D eigenvalue weighted by Crippen LogP contribution is -2.30. The molecular weight excluding hydrogens is 505 g/mol. The van der Waals surface area contributed by atoms with E-state index in [0.717, 1.165) is 24.1 Å². The topological polar surface area (TPSA) is 85.9 Å². The molecule has 0 radical (unpaired) electrons. The van der Waals surface area contributed by atoms with E-state index in [1.54, 1.807) is 47.0 Å². The average Bonchev–Trinajstić information content (AvgIpc) is 3.58. The van der Waals surface area contributed by atoms with Gasteiger partial charge in [-0.2, -0.15) is 22.6 Å². The van der Waals surface area contributed by atoms with Crippen molar-refractivity contribution in [3.63, 3.8) is 0 Å². The van der Waals surface area contributed by atoms with E-state index in [1.165, 1.54) is 28.8 Å². The molecule has 0 aliphatic carbocycles. The highest BCUT2D eigenvalue weighted by Gasteiger charge is 2.37. The van der Waals surface area contributed by atoms with Crippen LogP contribution in [-0.4, -0.2) is 43.6 Å². The summed E-state index contributed by atoms with van der Waals surface area (Å²) >= 11 is 0. The second-order valence-electron chi connectivity index (χ2n) is 9.04. The van der Waals surface area contributed by atoms with E-state index in [1.807, 2.05) is 0 Å². The normalized spacial score (nSPS) is 17.2. The number of benzene rings is 2. The summed E-state index contributed by atoms with van der Waals surface area (Å²) in [4.78, 5) is 8.20. The number of rotatable bonds is 4. The van der Waals surface area contributed by atoms with Crippen molar-refractivity contribution in [2.75, 3.05) is 6.54 Å². The third-order valence-corrected chi connectivity index (χ3v) is 8.65. The predicted octanol–water partition coefficient (Wildman–Crippen LogP) is 4.85. The zero-order valence-corrected chi connectivity index (χ0v) is 20.4. The Balaban J connectivity index is 1.47. The lowest BCUT2D eigenvalue weighted by atomic mass is 10.1. The van der Waals surface area contributed by atoms with Crippen LogP contribution in [-0.2, 0) is 23.2 Å². The van der Waals surface area contributed by atoms with E-state index in [-0.39, 0.29) is 10.9 Å². The van der Waals surface area contributed by atoms with Crippen molar-refractivity contribution in [2.24, 2.45) is 7.05 Å². The van der Waals surface area contributed by atoms with Crippen LogP contribution in [0.5, 0.6) is 0 Å². The first-order valence-electron chi connectivity index (χ1n) is 11.6. The van der Waals surface area contributed by atoms with Crippen LogP contribution in [0, 0.1) is 0 Å². The van der Waals surface area contributed by atoms with Gasteiger partial charge < -0.3 is 4.57 Å². The Morgan fingerprint density at radius 1 is 1.00 bits per heavy atom. The minimum Gasteiger partial charge on any atom is -0.306 e. The standard InChI is InChI=1S/C25H21F3N6O2S/c1-32-14-23-24(31-32)20-11-19(37(35,36)33-10-2-3-21(33)16-12-29-15-30-13-16)8-9-22(20)34(23)18-6-4-17(5-7-18)25(26,27)28/h4-9,11-15,21H,2-3,10H2,1H3/t21-/m1/s1. The third kappa shape index (κ3) is 3.87. The third-order valence-electron chi connectivity index (χ3n) is 6.74. The fourth-order valence-corrected chi connectivity index (χ4v) is 6.79. The maximum atomic E-state index is 13.8.